The van der Waals surface area contributed by atoms with Gasteiger partial charge in [-0.25, -0.2) is 4.79 Å². The number of carbonyl (C=O) groups is 2. The summed E-state index contributed by atoms with van der Waals surface area (Å²) in [7, 11) is 0. The van der Waals surface area contributed by atoms with Gasteiger partial charge in [-0.2, -0.15) is 0 Å². The SMILES string of the molecule is Cc1cc(C(=O)/C=C/C(=O)O)sc1Cl. The minimum atomic E-state index is -1.14. The molecule has 0 aliphatic rings. The fourth-order valence-electron chi connectivity index (χ4n) is 0.810. The van der Waals surface area contributed by atoms with Gasteiger partial charge in [-0.3, -0.25) is 4.79 Å². The van der Waals surface area contributed by atoms with E-state index in [4.69, 9.17) is 16.7 Å². The fraction of sp³-hybridized carbons (Fsp3) is 0.111. The van der Waals surface area contributed by atoms with Crippen molar-refractivity contribution in [3.05, 3.63) is 33.0 Å². The molecular weight excluding hydrogens is 224 g/mol. The van der Waals surface area contributed by atoms with Crippen molar-refractivity contribution < 1.29 is 14.7 Å². The van der Waals surface area contributed by atoms with Crippen LogP contribution in [0.4, 0.5) is 0 Å². The van der Waals surface area contributed by atoms with Gasteiger partial charge in [-0.05, 0) is 24.6 Å². The highest BCUT2D eigenvalue weighted by Gasteiger charge is 2.08. The lowest BCUT2D eigenvalue weighted by atomic mass is 10.2. The summed E-state index contributed by atoms with van der Waals surface area (Å²) < 4.78 is 0.553. The first kappa shape index (κ1) is 10.9. The molecule has 1 N–H and O–H groups in total. The molecule has 0 aromatic carbocycles. The van der Waals surface area contributed by atoms with Crippen molar-refractivity contribution in [3.8, 4) is 0 Å². The van der Waals surface area contributed by atoms with Gasteiger partial charge in [0.25, 0.3) is 0 Å². The molecule has 1 heterocycles. The lowest BCUT2D eigenvalue weighted by Gasteiger charge is -1.85. The first-order valence-corrected chi connectivity index (χ1v) is 4.91. The Bertz CT molecular complexity index is 387. The molecule has 1 rings (SSSR count). The van der Waals surface area contributed by atoms with Crippen molar-refractivity contribution in [2.24, 2.45) is 0 Å². The van der Waals surface area contributed by atoms with E-state index >= 15 is 0 Å². The van der Waals surface area contributed by atoms with Crippen molar-refractivity contribution in [1.29, 1.82) is 0 Å². The number of aliphatic carboxylic acids is 1. The van der Waals surface area contributed by atoms with Crippen LogP contribution in [0.3, 0.4) is 0 Å². The fourth-order valence-corrected chi connectivity index (χ4v) is 1.93. The van der Waals surface area contributed by atoms with Crippen LogP contribution >= 0.6 is 22.9 Å². The van der Waals surface area contributed by atoms with Gasteiger partial charge >= 0.3 is 5.97 Å². The van der Waals surface area contributed by atoms with Crippen molar-refractivity contribution >= 4 is 34.7 Å². The summed E-state index contributed by atoms with van der Waals surface area (Å²) in [6, 6.07) is 1.64. The largest absolute Gasteiger partial charge is 0.478 e. The van der Waals surface area contributed by atoms with Crippen LogP contribution in [0, 0.1) is 6.92 Å². The lowest BCUT2D eigenvalue weighted by molar-refractivity contribution is -0.131. The van der Waals surface area contributed by atoms with E-state index in [9.17, 15) is 9.59 Å². The molecule has 0 saturated heterocycles. The van der Waals surface area contributed by atoms with Gasteiger partial charge in [0.1, 0.15) is 0 Å². The Morgan fingerprint density at radius 1 is 1.50 bits per heavy atom. The Hall–Kier alpha value is -1.13. The van der Waals surface area contributed by atoms with Crippen LogP contribution in [0.2, 0.25) is 4.34 Å². The molecule has 0 spiro atoms. The molecule has 3 nitrogen and oxygen atoms in total. The summed E-state index contributed by atoms with van der Waals surface area (Å²) in [5.74, 6) is -1.48. The average molecular weight is 231 g/mol. The first-order chi connectivity index (χ1) is 6.50. The van der Waals surface area contributed by atoms with Gasteiger partial charge in [0.05, 0.1) is 9.21 Å². The van der Waals surface area contributed by atoms with Crippen LogP contribution in [0.5, 0.6) is 0 Å². The van der Waals surface area contributed by atoms with Crippen LogP contribution in [0.15, 0.2) is 18.2 Å². The van der Waals surface area contributed by atoms with E-state index in [1.54, 1.807) is 13.0 Å². The first-order valence-electron chi connectivity index (χ1n) is 3.72. The second-order valence-electron chi connectivity index (χ2n) is 2.60. The third-order valence-electron chi connectivity index (χ3n) is 1.48. The van der Waals surface area contributed by atoms with Crippen molar-refractivity contribution in [2.45, 2.75) is 6.92 Å². The Balaban J connectivity index is 2.85. The zero-order valence-electron chi connectivity index (χ0n) is 7.28. The zero-order valence-corrected chi connectivity index (χ0v) is 8.85. The number of rotatable bonds is 3. The van der Waals surface area contributed by atoms with Crippen LogP contribution in [0.1, 0.15) is 15.2 Å². The number of carboxylic acid groups (broad SMARTS) is 1. The Labute approximate surface area is 89.6 Å². The van der Waals surface area contributed by atoms with E-state index in [-0.39, 0.29) is 5.78 Å². The van der Waals surface area contributed by atoms with Gasteiger partial charge in [0.2, 0.25) is 0 Å². The number of aryl methyl sites for hydroxylation is 1. The predicted octanol–water partition coefficient (Wildman–Crippen LogP) is 2.53. The maximum Gasteiger partial charge on any atom is 0.328 e. The quantitative estimate of drug-likeness (QED) is 0.641. The van der Waals surface area contributed by atoms with E-state index in [0.717, 1.165) is 29.1 Å². The Morgan fingerprint density at radius 2 is 2.14 bits per heavy atom. The van der Waals surface area contributed by atoms with E-state index < -0.39 is 5.97 Å². The molecule has 74 valence electrons. The smallest absolute Gasteiger partial charge is 0.328 e. The van der Waals surface area contributed by atoms with Crippen molar-refractivity contribution in [2.75, 3.05) is 0 Å². The molecule has 1 aromatic rings. The van der Waals surface area contributed by atoms with Crippen molar-refractivity contribution in [1.82, 2.24) is 0 Å². The molecule has 0 radical (unpaired) electrons. The molecule has 5 heteroatoms. The molecule has 0 unspecified atom stereocenters. The summed E-state index contributed by atoms with van der Waals surface area (Å²) in [6.07, 6.45) is 1.83. The van der Waals surface area contributed by atoms with E-state index in [2.05, 4.69) is 0 Å². The van der Waals surface area contributed by atoms with Crippen molar-refractivity contribution in [3.63, 3.8) is 0 Å². The topological polar surface area (TPSA) is 54.4 Å². The maximum absolute atomic E-state index is 11.3. The van der Waals surface area contributed by atoms with Gasteiger partial charge in [0.15, 0.2) is 5.78 Å². The van der Waals surface area contributed by atoms with Crippen LogP contribution < -0.4 is 0 Å². The average Bonchev–Trinajstić information content (AvgIpc) is 2.43. The monoisotopic (exact) mass is 230 g/mol. The minimum Gasteiger partial charge on any atom is -0.478 e. The molecule has 0 bridgehead atoms. The van der Waals surface area contributed by atoms with Crippen LogP contribution in [-0.2, 0) is 4.79 Å². The summed E-state index contributed by atoms with van der Waals surface area (Å²) in [6.45, 7) is 1.79. The molecule has 0 amide bonds. The summed E-state index contributed by atoms with van der Waals surface area (Å²) in [5.41, 5.74) is 0.823. The van der Waals surface area contributed by atoms with E-state index in [1.807, 2.05) is 0 Å². The number of carboxylic acids is 1. The second-order valence-corrected chi connectivity index (χ2v) is 4.26. The highest BCUT2D eigenvalue weighted by molar-refractivity contribution is 7.18. The molecule has 1 aromatic heterocycles. The number of carbonyl (C=O) groups excluding carboxylic acids is 1. The highest BCUT2D eigenvalue weighted by atomic mass is 35.5. The molecule has 14 heavy (non-hydrogen) atoms. The minimum absolute atomic E-state index is 0.340. The third-order valence-corrected chi connectivity index (χ3v) is 3.05. The van der Waals surface area contributed by atoms with Gasteiger partial charge in [-0.15, -0.1) is 11.3 Å². The second kappa shape index (κ2) is 4.39. The van der Waals surface area contributed by atoms with Crippen LogP contribution in [-0.4, -0.2) is 16.9 Å². The number of allylic oxidation sites excluding steroid dienone is 1. The third kappa shape index (κ3) is 2.68. The van der Waals surface area contributed by atoms with Gasteiger partial charge < -0.3 is 5.11 Å². The predicted molar refractivity (Wildman–Crippen MR) is 55.2 cm³/mol. The Kier molecular flexibility index (Phi) is 3.43. The number of thiophene rings is 1. The van der Waals surface area contributed by atoms with Crippen LogP contribution in [0.25, 0.3) is 0 Å². The normalized spacial score (nSPS) is 10.7. The summed E-state index contributed by atoms with van der Waals surface area (Å²) in [5, 5.41) is 8.31. The number of hydrogen-bond acceptors (Lipinski definition) is 3. The molecular formula is C9H7ClO3S. The number of halogens is 1. The molecule has 0 aliphatic carbocycles. The standard InChI is InChI=1S/C9H7ClO3S/c1-5-4-7(14-9(5)10)6(11)2-3-8(12)13/h2-4H,1H3,(H,12,13)/b3-2+. The lowest BCUT2D eigenvalue weighted by Crippen LogP contribution is -1.93. The highest BCUT2D eigenvalue weighted by Crippen LogP contribution is 2.27. The summed E-state index contributed by atoms with van der Waals surface area (Å²) in [4.78, 5) is 21.9. The molecule has 0 fully saturated rings. The molecule has 0 saturated carbocycles. The summed E-state index contributed by atoms with van der Waals surface area (Å²) >= 11 is 6.91. The van der Waals surface area contributed by atoms with Gasteiger partial charge in [0, 0.05) is 6.08 Å². The zero-order chi connectivity index (χ0) is 10.7. The number of hydrogen-bond donors (Lipinski definition) is 1. The maximum atomic E-state index is 11.3. The Morgan fingerprint density at radius 3 is 2.57 bits per heavy atom. The van der Waals surface area contributed by atoms with Gasteiger partial charge in [-0.1, -0.05) is 11.6 Å². The number of ketones is 1. The molecule has 0 aliphatic heterocycles. The van der Waals surface area contributed by atoms with E-state index in [0.29, 0.717) is 9.21 Å². The van der Waals surface area contributed by atoms with E-state index in [1.165, 1.54) is 0 Å². The molecule has 0 atom stereocenters.